The molecule has 1 unspecified atom stereocenters. The van der Waals surface area contributed by atoms with E-state index in [1.807, 2.05) is 24.3 Å². The fourth-order valence-electron chi connectivity index (χ4n) is 2.89. The average Bonchev–Trinajstić information content (AvgIpc) is 3.05. The minimum Gasteiger partial charge on any atom is -0.487 e. The highest BCUT2D eigenvalue weighted by Gasteiger charge is 2.13. The maximum atomic E-state index is 6.15. The predicted molar refractivity (Wildman–Crippen MR) is 103 cm³/mol. The summed E-state index contributed by atoms with van der Waals surface area (Å²) in [7, 11) is 0. The molecule has 1 aromatic heterocycles. The van der Waals surface area contributed by atoms with Crippen molar-refractivity contribution in [2.45, 2.75) is 65.5 Å². The summed E-state index contributed by atoms with van der Waals surface area (Å²) >= 11 is 5.68. The average molecular weight is 365 g/mol. The van der Waals surface area contributed by atoms with Crippen LogP contribution in [-0.4, -0.2) is 22.0 Å². The Kier molecular flexibility index (Phi) is 8.13. The van der Waals surface area contributed by atoms with Crippen LogP contribution >= 0.6 is 11.6 Å². The quantitative estimate of drug-likeness (QED) is 0.513. The lowest BCUT2D eigenvalue weighted by atomic mass is 10.1. The third kappa shape index (κ3) is 5.67. The number of nitrogens with zero attached hydrogens (tertiary/aromatic N) is 2. The first kappa shape index (κ1) is 19.6. The molecule has 0 N–H and O–H groups in total. The fraction of sp³-hybridized carbons (Fsp3) is 0.550. The van der Waals surface area contributed by atoms with Crippen molar-refractivity contribution in [2.75, 3.05) is 6.07 Å². The minimum atomic E-state index is 0.121. The van der Waals surface area contributed by atoms with Crippen molar-refractivity contribution in [3.05, 3.63) is 41.7 Å². The lowest BCUT2D eigenvalue weighted by Gasteiger charge is -2.19. The standard InChI is InChI=1S/C20H29ClN2O2/c1-4-16-14-17(5-2)23(22-16)13-9-10-18(6-3)25-20-12-8-7-11-19(20)24-15-21/h7-8,11-12,14,18H,4-6,9-10,13,15H2,1-3H3. The largest absolute Gasteiger partial charge is 0.487 e. The Morgan fingerprint density at radius 1 is 1.12 bits per heavy atom. The molecule has 0 aliphatic rings. The second-order valence-corrected chi connectivity index (χ2v) is 6.27. The van der Waals surface area contributed by atoms with E-state index in [9.17, 15) is 0 Å². The van der Waals surface area contributed by atoms with E-state index in [2.05, 4.69) is 36.6 Å². The number of hydrogen-bond donors (Lipinski definition) is 0. The Balaban J connectivity index is 1.91. The molecule has 2 rings (SSSR count). The first-order valence-electron chi connectivity index (χ1n) is 9.21. The van der Waals surface area contributed by atoms with E-state index in [4.69, 9.17) is 21.1 Å². The van der Waals surface area contributed by atoms with Crippen molar-refractivity contribution in [3.8, 4) is 11.5 Å². The molecule has 25 heavy (non-hydrogen) atoms. The predicted octanol–water partition coefficient (Wildman–Crippen LogP) is 5.22. The van der Waals surface area contributed by atoms with Gasteiger partial charge < -0.3 is 9.47 Å². The summed E-state index contributed by atoms with van der Waals surface area (Å²) in [6, 6.07) is 10.0. The maximum Gasteiger partial charge on any atom is 0.163 e. The molecule has 4 nitrogen and oxygen atoms in total. The highest BCUT2D eigenvalue weighted by molar-refractivity contribution is 6.17. The Morgan fingerprint density at radius 3 is 2.52 bits per heavy atom. The van der Waals surface area contributed by atoms with Gasteiger partial charge in [-0.3, -0.25) is 4.68 Å². The number of alkyl halides is 1. The van der Waals surface area contributed by atoms with Crippen LogP contribution in [0.25, 0.3) is 0 Å². The molecule has 0 saturated carbocycles. The Bertz CT molecular complexity index is 642. The van der Waals surface area contributed by atoms with Crippen LogP contribution in [0.2, 0.25) is 0 Å². The van der Waals surface area contributed by atoms with E-state index < -0.39 is 0 Å². The maximum absolute atomic E-state index is 6.15. The van der Waals surface area contributed by atoms with Gasteiger partial charge in [-0.15, -0.1) is 0 Å². The molecule has 0 aliphatic heterocycles. The zero-order valence-corrected chi connectivity index (χ0v) is 16.3. The molecule has 0 radical (unpaired) electrons. The van der Waals surface area contributed by atoms with E-state index in [1.165, 1.54) is 11.4 Å². The molecule has 0 aliphatic carbocycles. The smallest absolute Gasteiger partial charge is 0.163 e. The first-order valence-corrected chi connectivity index (χ1v) is 9.75. The third-order valence-electron chi connectivity index (χ3n) is 4.34. The van der Waals surface area contributed by atoms with E-state index in [-0.39, 0.29) is 12.2 Å². The second kappa shape index (κ2) is 10.3. The van der Waals surface area contributed by atoms with E-state index in [0.29, 0.717) is 5.75 Å². The van der Waals surface area contributed by atoms with Gasteiger partial charge >= 0.3 is 0 Å². The molecular weight excluding hydrogens is 336 g/mol. The van der Waals surface area contributed by atoms with Gasteiger partial charge in [-0.05, 0) is 50.3 Å². The van der Waals surface area contributed by atoms with Gasteiger partial charge in [0, 0.05) is 12.2 Å². The van der Waals surface area contributed by atoms with Crippen LogP contribution in [0.5, 0.6) is 11.5 Å². The van der Waals surface area contributed by atoms with Crippen molar-refractivity contribution in [2.24, 2.45) is 0 Å². The van der Waals surface area contributed by atoms with Crippen molar-refractivity contribution < 1.29 is 9.47 Å². The molecule has 1 atom stereocenters. The molecule has 0 bridgehead atoms. The van der Waals surface area contributed by atoms with Crippen molar-refractivity contribution >= 4 is 11.6 Å². The molecular formula is C20H29ClN2O2. The molecule has 0 saturated heterocycles. The zero-order valence-electron chi connectivity index (χ0n) is 15.5. The molecule has 1 aromatic carbocycles. The number of rotatable bonds is 11. The summed E-state index contributed by atoms with van der Waals surface area (Å²) in [6.45, 7) is 7.41. The fourth-order valence-corrected chi connectivity index (χ4v) is 3.00. The Labute approximate surface area is 156 Å². The van der Waals surface area contributed by atoms with Crippen molar-refractivity contribution in [1.29, 1.82) is 0 Å². The molecule has 0 amide bonds. The molecule has 2 aromatic rings. The summed E-state index contributed by atoms with van der Waals surface area (Å²) in [5.74, 6) is 1.46. The summed E-state index contributed by atoms with van der Waals surface area (Å²) in [6.07, 6.45) is 5.13. The van der Waals surface area contributed by atoms with Crippen molar-refractivity contribution in [3.63, 3.8) is 0 Å². The molecule has 0 fully saturated rings. The van der Waals surface area contributed by atoms with Gasteiger partial charge in [-0.25, -0.2) is 0 Å². The number of aromatic nitrogens is 2. The number of aryl methyl sites for hydroxylation is 3. The van der Waals surface area contributed by atoms with E-state index in [1.54, 1.807) is 0 Å². The highest BCUT2D eigenvalue weighted by atomic mass is 35.5. The molecule has 1 heterocycles. The van der Waals surface area contributed by atoms with Gasteiger partial charge in [-0.2, -0.15) is 5.10 Å². The summed E-state index contributed by atoms with van der Waals surface area (Å²) in [4.78, 5) is 0. The van der Waals surface area contributed by atoms with Crippen LogP contribution in [0.15, 0.2) is 30.3 Å². The summed E-state index contributed by atoms with van der Waals surface area (Å²) < 4.78 is 13.7. The monoisotopic (exact) mass is 364 g/mol. The van der Waals surface area contributed by atoms with Gasteiger partial charge in [0.05, 0.1) is 11.8 Å². The van der Waals surface area contributed by atoms with Gasteiger partial charge in [0.25, 0.3) is 0 Å². The van der Waals surface area contributed by atoms with Crippen LogP contribution in [-0.2, 0) is 19.4 Å². The lowest BCUT2D eigenvalue weighted by molar-refractivity contribution is 0.173. The third-order valence-corrected chi connectivity index (χ3v) is 4.45. The van der Waals surface area contributed by atoms with Crippen LogP contribution in [0.4, 0.5) is 0 Å². The van der Waals surface area contributed by atoms with Crippen molar-refractivity contribution in [1.82, 2.24) is 9.78 Å². The van der Waals surface area contributed by atoms with Gasteiger partial charge in [-0.1, -0.05) is 44.5 Å². The van der Waals surface area contributed by atoms with Gasteiger partial charge in [0.2, 0.25) is 0 Å². The first-order chi connectivity index (χ1) is 12.2. The highest BCUT2D eigenvalue weighted by Crippen LogP contribution is 2.29. The number of para-hydroxylation sites is 2. The lowest BCUT2D eigenvalue weighted by Crippen LogP contribution is -2.17. The summed E-state index contributed by atoms with van der Waals surface area (Å²) in [5.41, 5.74) is 2.49. The van der Waals surface area contributed by atoms with Gasteiger partial charge in [0.1, 0.15) is 0 Å². The topological polar surface area (TPSA) is 36.3 Å². The number of benzene rings is 1. The van der Waals surface area contributed by atoms with Crippen LogP contribution in [0, 0.1) is 0 Å². The second-order valence-electron chi connectivity index (χ2n) is 6.05. The Hall–Kier alpha value is -1.68. The van der Waals surface area contributed by atoms with Gasteiger partial charge in [0.15, 0.2) is 17.6 Å². The normalized spacial score (nSPS) is 12.2. The SMILES string of the molecule is CCc1cc(CC)n(CCCC(CC)Oc2ccccc2OCCl)n1. The molecule has 138 valence electrons. The number of ether oxygens (including phenoxy) is 2. The number of hydrogen-bond acceptors (Lipinski definition) is 3. The number of halogens is 1. The zero-order chi connectivity index (χ0) is 18.1. The van der Waals surface area contributed by atoms with E-state index >= 15 is 0 Å². The minimum absolute atomic E-state index is 0.121. The molecule has 0 spiro atoms. The van der Waals surface area contributed by atoms with Crippen LogP contribution in [0.3, 0.4) is 0 Å². The summed E-state index contributed by atoms with van der Waals surface area (Å²) in [5, 5.41) is 4.69. The van der Waals surface area contributed by atoms with Crippen LogP contribution in [0.1, 0.15) is 51.4 Å². The Morgan fingerprint density at radius 2 is 1.88 bits per heavy atom. The van der Waals surface area contributed by atoms with Crippen LogP contribution < -0.4 is 9.47 Å². The molecule has 5 heteroatoms. The van der Waals surface area contributed by atoms with E-state index in [0.717, 1.165) is 44.4 Å².